The lowest BCUT2D eigenvalue weighted by Gasteiger charge is -2.10. The van der Waals surface area contributed by atoms with Gasteiger partial charge in [0, 0.05) is 6.42 Å². The molecule has 0 spiro atoms. The van der Waals surface area contributed by atoms with Gasteiger partial charge in [0.05, 0.1) is 0 Å². The third-order valence-corrected chi connectivity index (χ3v) is 3.56. The van der Waals surface area contributed by atoms with Crippen molar-refractivity contribution in [1.82, 2.24) is 0 Å². The van der Waals surface area contributed by atoms with E-state index in [9.17, 15) is 4.79 Å². The van der Waals surface area contributed by atoms with E-state index in [1.165, 1.54) is 38.5 Å². The van der Waals surface area contributed by atoms with Crippen molar-refractivity contribution < 1.29 is 9.90 Å². The predicted octanol–water partition coefficient (Wildman–Crippen LogP) is 4.71. The summed E-state index contributed by atoms with van der Waals surface area (Å²) in [6.45, 7) is 2.24. The maximum Gasteiger partial charge on any atom is 0.303 e. The smallest absolute Gasteiger partial charge is 0.303 e. The Balaban J connectivity index is 2.22. The molecule has 0 saturated heterocycles. The minimum absolute atomic E-state index is 0.286. The third kappa shape index (κ3) is 6.04. The molecule has 0 aromatic rings. The SMILES string of the molecule is CCCCCC1=CCC[C@@H]1C=CCCCC(=O)O. The van der Waals surface area contributed by atoms with Gasteiger partial charge in [-0.15, -0.1) is 0 Å². The molecule has 0 aromatic heterocycles. The molecular weight excluding hydrogens is 224 g/mol. The van der Waals surface area contributed by atoms with Gasteiger partial charge in [-0.1, -0.05) is 43.6 Å². The molecule has 1 N–H and O–H groups in total. The van der Waals surface area contributed by atoms with Crippen LogP contribution in [0.1, 0.15) is 64.7 Å². The summed E-state index contributed by atoms with van der Waals surface area (Å²) in [5.41, 5.74) is 1.61. The van der Waals surface area contributed by atoms with E-state index in [0.717, 1.165) is 12.8 Å². The van der Waals surface area contributed by atoms with Crippen LogP contribution in [0, 0.1) is 5.92 Å². The van der Waals surface area contributed by atoms with Crippen LogP contribution in [0.25, 0.3) is 0 Å². The van der Waals surface area contributed by atoms with E-state index < -0.39 is 5.97 Å². The van der Waals surface area contributed by atoms with Crippen molar-refractivity contribution in [2.75, 3.05) is 0 Å². The Morgan fingerprint density at radius 3 is 3.00 bits per heavy atom. The summed E-state index contributed by atoms with van der Waals surface area (Å²) in [6, 6.07) is 0. The van der Waals surface area contributed by atoms with Crippen LogP contribution >= 0.6 is 0 Å². The van der Waals surface area contributed by atoms with Crippen LogP contribution in [0.3, 0.4) is 0 Å². The second-order valence-corrected chi connectivity index (χ2v) is 5.13. The van der Waals surface area contributed by atoms with Crippen molar-refractivity contribution in [2.45, 2.75) is 64.7 Å². The summed E-state index contributed by atoms with van der Waals surface area (Å²) < 4.78 is 0. The van der Waals surface area contributed by atoms with Gasteiger partial charge in [-0.3, -0.25) is 4.79 Å². The van der Waals surface area contributed by atoms with Crippen molar-refractivity contribution in [1.29, 1.82) is 0 Å². The minimum Gasteiger partial charge on any atom is -0.481 e. The van der Waals surface area contributed by atoms with Crippen molar-refractivity contribution in [3.05, 3.63) is 23.8 Å². The lowest BCUT2D eigenvalue weighted by Crippen LogP contribution is -1.96. The normalized spacial score (nSPS) is 19.4. The number of aliphatic carboxylic acids is 1. The van der Waals surface area contributed by atoms with Crippen LogP contribution in [0.15, 0.2) is 23.8 Å². The lowest BCUT2D eigenvalue weighted by molar-refractivity contribution is -0.137. The summed E-state index contributed by atoms with van der Waals surface area (Å²) in [4.78, 5) is 10.4. The molecule has 1 aliphatic rings. The highest BCUT2D eigenvalue weighted by atomic mass is 16.4. The van der Waals surface area contributed by atoms with Gasteiger partial charge in [0.2, 0.25) is 0 Å². The maximum atomic E-state index is 10.4. The molecule has 0 heterocycles. The molecule has 1 rings (SSSR count). The van der Waals surface area contributed by atoms with Crippen molar-refractivity contribution in [3.8, 4) is 0 Å². The number of carboxylic acid groups (broad SMARTS) is 1. The molecule has 0 radical (unpaired) electrons. The first-order valence-corrected chi connectivity index (χ1v) is 7.31. The van der Waals surface area contributed by atoms with Gasteiger partial charge in [0.1, 0.15) is 0 Å². The molecule has 0 aromatic carbocycles. The average molecular weight is 250 g/mol. The molecule has 102 valence electrons. The largest absolute Gasteiger partial charge is 0.481 e. The average Bonchev–Trinajstić information content (AvgIpc) is 2.76. The van der Waals surface area contributed by atoms with Crippen LogP contribution in [0.2, 0.25) is 0 Å². The molecule has 0 saturated carbocycles. The molecule has 1 aliphatic carbocycles. The van der Waals surface area contributed by atoms with Crippen LogP contribution < -0.4 is 0 Å². The molecule has 1 atom stereocenters. The van der Waals surface area contributed by atoms with Gasteiger partial charge in [0.15, 0.2) is 0 Å². The first-order valence-electron chi connectivity index (χ1n) is 7.31. The van der Waals surface area contributed by atoms with Gasteiger partial charge in [-0.05, 0) is 44.4 Å². The van der Waals surface area contributed by atoms with Crippen molar-refractivity contribution in [3.63, 3.8) is 0 Å². The zero-order chi connectivity index (χ0) is 13.2. The Morgan fingerprint density at radius 2 is 2.28 bits per heavy atom. The number of unbranched alkanes of at least 4 members (excludes halogenated alkanes) is 3. The van der Waals surface area contributed by atoms with E-state index in [-0.39, 0.29) is 6.42 Å². The number of hydrogen-bond donors (Lipinski definition) is 1. The lowest BCUT2D eigenvalue weighted by atomic mass is 9.96. The minimum atomic E-state index is -0.690. The highest BCUT2D eigenvalue weighted by molar-refractivity contribution is 5.66. The summed E-state index contributed by atoms with van der Waals surface area (Å²) in [5, 5.41) is 8.55. The van der Waals surface area contributed by atoms with Gasteiger partial charge in [-0.2, -0.15) is 0 Å². The fraction of sp³-hybridized carbons (Fsp3) is 0.688. The van der Waals surface area contributed by atoms with Crippen LogP contribution in [0.5, 0.6) is 0 Å². The van der Waals surface area contributed by atoms with Crippen LogP contribution in [-0.4, -0.2) is 11.1 Å². The Labute approximate surface area is 111 Å². The van der Waals surface area contributed by atoms with E-state index in [4.69, 9.17) is 5.11 Å². The number of allylic oxidation sites excluding steroid dienone is 4. The quantitative estimate of drug-likeness (QED) is 0.475. The molecule has 2 heteroatoms. The van der Waals surface area contributed by atoms with Crippen molar-refractivity contribution in [2.24, 2.45) is 5.92 Å². The van der Waals surface area contributed by atoms with E-state index >= 15 is 0 Å². The fourth-order valence-electron chi connectivity index (χ4n) is 2.50. The zero-order valence-electron chi connectivity index (χ0n) is 11.5. The first kappa shape index (κ1) is 15.0. The second kappa shape index (κ2) is 8.96. The van der Waals surface area contributed by atoms with Crippen LogP contribution in [-0.2, 0) is 4.79 Å². The number of rotatable bonds is 9. The highest BCUT2D eigenvalue weighted by Gasteiger charge is 2.15. The number of carboxylic acids is 1. The Kier molecular flexibility index (Phi) is 7.47. The number of carbonyl (C=O) groups is 1. The molecule has 0 bridgehead atoms. The van der Waals surface area contributed by atoms with Crippen LogP contribution in [0.4, 0.5) is 0 Å². The second-order valence-electron chi connectivity index (χ2n) is 5.13. The van der Waals surface area contributed by atoms with E-state index in [0.29, 0.717) is 5.92 Å². The number of hydrogen-bond acceptors (Lipinski definition) is 1. The Bertz CT molecular complexity index is 302. The molecule has 0 fully saturated rings. The Hall–Kier alpha value is -1.05. The maximum absolute atomic E-state index is 10.4. The van der Waals surface area contributed by atoms with E-state index in [1.54, 1.807) is 5.57 Å². The standard InChI is InChI=1S/C16H26O2/c1-2-3-5-9-14-11-8-12-15(14)10-6-4-7-13-16(17)18/h6,10-11,15H,2-5,7-9,12-13H2,1H3,(H,17,18)/t15-/m0/s1. The first-order chi connectivity index (χ1) is 8.74. The molecule has 0 amide bonds. The third-order valence-electron chi connectivity index (χ3n) is 3.56. The molecule has 2 nitrogen and oxygen atoms in total. The monoisotopic (exact) mass is 250 g/mol. The van der Waals surface area contributed by atoms with Gasteiger partial charge < -0.3 is 5.11 Å². The summed E-state index contributed by atoms with van der Waals surface area (Å²) in [7, 11) is 0. The Morgan fingerprint density at radius 1 is 1.44 bits per heavy atom. The highest BCUT2D eigenvalue weighted by Crippen LogP contribution is 2.30. The van der Waals surface area contributed by atoms with E-state index in [1.807, 2.05) is 0 Å². The van der Waals surface area contributed by atoms with E-state index in [2.05, 4.69) is 25.2 Å². The molecule has 0 aliphatic heterocycles. The zero-order valence-corrected chi connectivity index (χ0v) is 11.5. The van der Waals surface area contributed by atoms with Crippen molar-refractivity contribution >= 4 is 5.97 Å². The summed E-state index contributed by atoms with van der Waals surface area (Å²) >= 11 is 0. The molecule has 0 unspecified atom stereocenters. The molecular formula is C16H26O2. The fourth-order valence-corrected chi connectivity index (χ4v) is 2.50. The summed E-state index contributed by atoms with van der Waals surface area (Å²) in [5.74, 6) is -0.0592. The van der Waals surface area contributed by atoms with Gasteiger partial charge >= 0.3 is 5.97 Å². The topological polar surface area (TPSA) is 37.3 Å². The predicted molar refractivity (Wildman–Crippen MR) is 75.6 cm³/mol. The van der Waals surface area contributed by atoms with Gasteiger partial charge in [0.25, 0.3) is 0 Å². The summed E-state index contributed by atoms with van der Waals surface area (Å²) in [6.07, 6.45) is 16.4. The molecule has 18 heavy (non-hydrogen) atoms. The van der Waals surface area contributed by atoms with Gasteiger partial charge in [-0.25, -0.2) is 0 Å².